The molecule has 0 saturated carbocycles. The van der Waals surface area contributed by atoms with E-state index in [1.54, 1.807) is 24.5 Å². The molecule has 0 saturated heterocycles. The van der Waals surface area contributed by atoms with Crippen molar-refractivity contribution >= 4 is 5.97 Å². The number of aromatic nitrogens is 3. The van der Waals surface area contributed by atoms with Crippen molar-refractivity contribution in [3.05, 3.63) is 48.9 Å². The number of hydrogen-bond donors (Lipinski definition) is 1. The lowest BCUT2D eigenvalue weighted by Crippen LogP contribution is -2.08. The summed E-state index contributed by atoms with van der Waals surface area (Å²) < 4.78 is 1.40. The monoisotopic (exact) mass is 229 g/mol. The van der Waals surface area contributed by atoms with Crippen LogP contribution in [0.2, 0.25) is 0 Å². The summed E-state index contributed by atoms with van der Waals surface area (Å²) >= 11 is 0. The molecule has 0 radical (unpaired) electrons. The van der Waals surface area contributed by atoms with E-state index in [2.05, 4.69) is 16.7 Å². The highest BCUT2D eigenvalue weighted by Gasteiger charge is 2.14. The molecular formula is C12H11N3O2. The summed E-state index contributed by atoms with van der Waals surface area (Å²) in [5.41, 5.74) is 1.53. The van der Waals surface area contributed by atoms with Crippen LogP contribution in [0.3, 0.4) is 0 Å². The van der Waals surface area contributed by atoms with Crippen LogP contribution < -0.4 is 0 Å². The summed E-state index contributed by atoms with van der Waals surface area (Å²) in [6, 6.07) is 5.14. The van der Waals surface area contributed by atoms with Gasteiger partial charge < -0.3 is 5.11 Å². The molecule has 86 valence electrons. The number of aromatic carboxylic acids is 1. The Morgan fingerprint density at radius 1 is 1.59 bits per heavy atom. The van der Waals surface area contributed by atoms with E-state index in [4.69, 9.17) is 5.11 Å². The van der Waals surface area contributed by atoms with Crippen LogP contribution in [0.5, 0.6) is 0 Å². The van der Waals surface area contributed by atoms with Crippen LogP contribution in [0.15, 0.2) is 43.2 Å². The minimum Gasteiger partial charge on any atom is -0.477 e. The lowest BCUT2D eigenvalue weighted by atomic mass is 10.2. The van der Waals surface area contributed by atoms with Crippen molar-refractivity contribution < 1.29 is 9.90 Å². The lowest BCUT2D eigenvalue weighted by Gasteiger charge is -1.98. The Balaban J connectivity index is 2.47. The van der Waals surface area contributed by atoms with E-state index in [0.29, 0.717) is 12.2 Å². The van der Waals surface area contributed by atoms with Gasteiger partial charge in [-0.15, -0.1) is 6.58 Å². The summed E-state index contributed by atoms with van der Waals surface area (Å²) in [6.45, 7) is 3.94. The first-order valence-electron chi connectivity index (χ1n) is 5.05. The highest BCUT2D eigenvalue weighted by Crippen LogP contribution is 2.18. The zero-order valence-electron chi connectivity index (χ0n) is 9.08. The molecule has 0 fully saturated rings. The number of carboxylic acids is 1. The molecule has 0 aliphatic heterocycles. The minimum atomic E-state index is -1.01. The lowest BCUT2D eigenvalue weighted by molar-refractivity contribution is 0.0684. The second kappa shape index (κ2) is 4.61. The van der Waals surface area contributed by atoms with Gasteiger partial charge in [-0.3, -0.25) is 9.67 Å². The first-order valence-corrected chi connectivity index (χ1v) is 5.05. The average molecular weight is 229 g/mol. The third-order valence-electron chi connectivity index (χ3n) is 2.26. The van der Waals surface area contributed by atoms with Crippen molar-refractivity contribution in [2.75, 3.05) is 0 Å². The fourth-order valence-electron chi connectivity index (χ4n) is 1.51. The number of pyridine rings is 1. The maximum absolute atomic E-state index is 11.0. The van der Waals surface area contributed by atoms with Crippen molar-refractivity contribution in [2.24, 2.45) is 0 Å². The number of carbonyl (C=O) groups is 1. The molecule has 0 aliphatic rings. The van der Waals surface area contributed by atoms with Gasteiger partial charge in [-0.1, -0.05) is 6.08 Å². The molecule has 5 nitrogen and oxygen atoms in total. The first-order chi connectivity index (χ1) is 8.22. The highest BCUT2D eigenvalue weighted by molar-refractivity contribution is 5.87. The summed E-state index contributed by atoms with van der Waals surface area (Å²) in [7, 11) is 0. The maximum Gasteiger partial charge on any atom is 0.354 e. The minimum absolute atomic E-state index is 0.142. The largest absolute Gasteiger partial charge is 0.477 e. The van der Waals surface area contributed by atoms with Gasteiger partial charge in [-0.05, 0) is 18.2 Å². The van der Waals surface area contributed by atoms with Crippen LogP contribution in [0.4, 0.5) is 0 Å². The Morgan fingerprint density at radius 2 is 2.41 bits per heavy atom. The number of carboxylic acid groups (broad SMARTS) is 1. The average Bonchev–Trinajstić information content (AvgIpc) is 2.75. The quantitative estimate of drug-likeness (QED) is 0.812. The van der Waals surface area contributed by atoms with Crippen LogP contribution in [0.1, 0.15) is 10.5 Å². The Labute approximate surface area is 98.0 Å². The summed E-state index contributed by atoms with van der Waals surface area (Å²) in [4.78, 5) is 15.0. The Bertz CT molecular complexity index is 546. The van der Waals surface area contributed by atoms with Gasteiger partial charge in [-0.2, -0.15) is 5.10 Å². The molecule has 2 aromatic rings. The van der Waals surface area contributed by atoms with E-state index < -0.39 is 5.97 Å². The highest BCUT2D eigenvalue weighted by atomic mass is 16.4. The van der Waals surface area contributed by atoms with Gasteiger partial charge in [0.25, 0.3) is 0 Å². The van der Waals surface area contributed by atoms with Crippen LogP contribution in [-0.4, -0.2) is 25.8 Å². The molecule has 2 rings (SSSR count). The van der Waals surface area contributed by atoms with Gasteiger partial charge in [0, 0.05) is 18.0 Å². The fraction of sp³-hybridized carbons (Fsp3) is 0.0833. The zero-order chi connectivity index (χ0) is 12.3. The summed E-state index contributed by atoms with van der Waals surface area (Å²) in [5, 5.41) is 13.3. The van der Waals surface area contributed by atoms with Crippen molar-refractivity contribution in [3.63, 3.8) is 0 Å². The molecule has 0 aromatic carbocycles. The molecule has 0 atom stereocenters. The zero-order valence-corrected chi connectivity index (χ0v) is 9.08. The predicted octanol–water partition coefficient (Wildman–Crippen LogP) is 1.83. The first kappa shape index (κ1) is 11.1. The van der Waals surface area contributed by atoms with E-state index in [1.165, 1.54) is 10.7 Å². The summed E-state index contributed by atoms with van der Waals surface area (Å²) in [6.07, 6.45) is 4.90. The topological polar surface area (TPSA) is 68.0 Å². The third kappa shape index (κ3) is 2.23. The Hall–Kier alpha value is -2.43. The molecule has 5 heteroatoms. The molecule has 17 heavy (non-hydrogen) atoms. The smallest absolute Gasteiger partial charge is 0.354 e. The normalized spacial score (nSPS) is 10.1. The van der Waals surface area contributed by atoms with Crippen LogP contribution in [-0.2, 0) is 6.54 Å². The summed E-state index contributed by atoms with van der Waals surface area (Å²) in [5.74, 6) is -1.01. The van der Waals surface area contributed by atoms with E-state index >= 15 is 0 Å². The fourth-order valence-corrected chi connectivity index (χ4v) is 1.51. The van der Waals surface area contributed by atoms with E-state index in [1.807, 2.05) is 6.07 Å². The molecule has 0 spiro atoms. The molecule has 0 unspecified atom stereocenters. The van der Waals surface area contributed by atoms with Crippen molar-refractivity contribution in [1.29, 1.82) is 0 Å². The van der Waals surface area contributed by atoms with Crippen molar-refractivity contribution in [2.45, 2.75) is 6.54 Å². The van der Waals surface area contributed by atoms with Gasteiger partial charge in [-0.25, -0.2) is 4.79 Å². The van der Waals surface area contributed by atoms with Gasteiger partial charge in [0.05, 0.1) is 12.2 Å². The van der Waals surface area contributed by atoms with E-state index in [0.717, 1.165) is 5.56 Å². The molecular weight excluding hydrogens is 218 g/mol. The molecule has 1 N–H and O–H groups in total. The van der Waals surface area contributed by atoms with E-state index in [-0.39, 0.29) is 5.69 Å². The van der Waals surface area contributed by atoms with E-state index in [9.17, 15) is 4.79 Å². The van der Waals surface area contributed by atoms with Gasteiger partial charge >= 0.3 is 5.97 Å². The van der Waals surface area contributed by atoms with Crippen LogP contribution in [0.25, 0.3) is 11.3 Å². The third-order valence-corrected chi connectivity index (χ3v) is 2.26. The maximum atomic E-state index is 11.0. The van der Waals surface area contributed by atoms with Crippen LogP contribution >= 0.6 is 0 Å². The second-order valence-corrected chi connectivity index (χ2v) is 3.43. The number of allylic oxidation sites excluding steroid dienone is 1. The molecule has 0 amide bonds. The predicted molar refractivity (Wildman–Crippen MR) is 62.6 cm³/mol. The van der Waals surface area contributed by atoms with Crippen molar-refractivity contribution in [3.8, 4) is 11.3 Å². The van der Waals surface area contributed by atoms with Gasteiger partial charge in [0.2, 0.25) is 0 Å². The van der Waals surface area contributed by atoms with Gasteiger partial charge in [0.15, 0.2) is 0 Å². The molecule has 0 bridgehead atoms. The Kier molecular flexibility index (Phi) is 3.00. The molecule has 2 heterocycles. The number of rotatable bonds is 4. The standard InChI is InChI=1S/C12H11N3O2/c1-2-6-15-11(12(16)17)7-10(14-15)9-4-3-5-13-8-9/h2-5,7-8H,1,6H2,(H,16,17). The van der Waals surface area contributed by atoms with Crippen molar-refractivity contribution in [1.82, 2.24) is 14.8 Å². The Morgan fingerprint density at radius 3 is 3.00 bits per heavy atom. The number of nitrogens with zero attached hydrogens (tertiary/aromatic N) is 3. The SMILES string of the molecule is C=CCn1nc(-c2cccnc2)cc1C(=O)O. The molecule has 0 aliphatic carbocycles. The van der Waals surface area contributed by atoms with Crippen LogP contribution in [0, 0.1) is 0 Å². The van der Waals surface area contributed by atoms with Gasteiger partial charge in [0.1, 0.15) is 5.69 Å². The number of hydrogen-bond acceptors (Lipinski definition) is 3. The molecule has 2 aromatic heterocycles. The second-order valence-electron chi connectivity index (χ2n) is 3.43.